The van der Waals surface area contributed by atoms with Crippen LogP contribution in [0.25, 0.3) is 0 Å². The average Bonchev–Trinajstić information content (AvgIpc) is 2.46. The van der Waals surface area contributed by atoms with Crippen LogP contribution in [0.4, 0.5) is 4.79 Å². The van der Waals surface area contributed by atoms with Gasteiger partial charge in [-0.3, -0.25) is 4.79 Å². The van der Waals surface area contributed by atoms with Gasteiger partial charge in [0.15, 0.2) is 0 Å². The van der Waals surface area contributed by atoms with E-state index in [4.69, 9.17) is 4.74 Å². The van der Waals surface area contributed by atoms with Crippen molar-refractivity contribution in [2.75, 3.05) is 20.1 Å². The van der Waals surface area contributed by atoms with Gasteiger partial charge in [0, 0.05) is 13.6 Å². The maximum atomic E-state index is 11.7. The Kier molecular flexibility index (Phi) is 7.17. The normalized spacial score (nSPS) is 9.90. The molecule has 0 aliphatic rings. The SMILES string of the molecule is CCCCCN(C)C(=O)CNC(=O)Oc1ccccc1. The van der Waals surface area contributed by atoms with Crippen LogP contribution in [0.2, 0.25) is 0 Å². The number of amides is 2. The zero-order valence-corrected chi connectivity index (χ0v) is 12.1. The molecule has 0 saturated heterocycles. The van der Waals surface area contributed by atoms with E-state index in [0.29, 0.717) is 12.3 Å². The van der Waals surface area contributed by atoms with E-state index in [0.717, 1.165) is 19.3 Å². The lowest BCUT2D eigenvalue weighted by atomic mass is 10.2. The number of carbonyl (C=O) groups excluding carboxylic acids is 2. The molecule has 0 bridgehead atoms. The zero-order valence-electron chi connectivity index (χ0n) is 12.1. The van der Waals surface area contributed by atoms with E-state index in [1.54, 1.807) is 36.2 Å². The summed E-state index contributed by atoms with van der Waals surface area (Å²) in [7, 11) is 1.74. The number of carbonyl (C=O) groups is 2. The Morgan fingerprint density at radius 1 is 1.20 bits per heavy atom. The van der Waals surface area contributed by atoms with Gasteiger partial charge < -0.3 is 15.0 Å². The minimum atomic E-state index is -0.619. The fraction of sp³-hybridized carbons (Fsp3) is 0.467. The van der Waals surface area contributed by atoms with Gasteiger partial charge in [-0.1, -0.05) is 38.0 Å². The molecule has 0 aliphatic carbocycles. The van der Waals surface area contributed by atoms with Crippen LogP contribution in [-0.4, -0.2) is 37.0 Å². The molecule has 0 atom stereocenters. The van der Waals surface area contributed by atoms with Crippen molar-refractivity contribution in [1.82, 2.24) is 10.2 Å². The van der Waals surface area contributed by atoms with E-state index in [-0.39, 0.29) is 12.5 Å². The number of unbranched alkanes of at least 4 members (excludes halogenated alkanes) is 2. The number of ether oxygens (including phenoxy) is 1. The summed E-state index contributed by atoms with van der Waals surface area (Å²) in [5.74, 6) is 0.333. The predicted molar refractivity (Wildman–Crippen MR) is 77.6 cm³/mol. The van der Waals surface area contributed by atoms with Gasteiger partial charge in [-0.15, -0.1) is 0 Å². The van der Waals surface area contributed by atoms with Crippen molar-refractivity contribution in [2.45, 2.75) is 26.2 Å². The number of rotatable bonds is 7. The molecular formula is C15H22N2O3. The Morgan fingerprint density at radius 3 is 2.55 bits per heavy atom. The lowest BCUT2D eigenvalue weighted by Gasteiger charge is -2.17. The Morgan fingerprint density at radius 2 is 1.90 bits per heavy atom. The molecule has 1 N–H and O–H groups in total. The molecule has 5 nitrogen and oxygen atoms in total. The van der Waals surface area contributed by atoms with Gasteiger partial charge in [-0.2, -0.15) is 0 Å². The molecule has 0 saturated carbocycles. The summed E-state index contributed by atoms with van der Waals surface area (Å²) in [4.78, 5) is 24.9. The van der Waals surface area contributed by atoms with E-state index in [1.807, 2.05) is 6.07 Å². The molecule has 0 unspecified atom stereocenters. The van der Waals surface area contributed by atoms with Crippen LogP contribution in [0.1, 0.15) is 26.2 Å². The van der Waals surface area contributed by atoms with Gasteiger partial charge in [-0.05, 0) is 18.6 Å². The Balaban J connectivity index is 2.24. The smallest absolute Gasteiger partial charge is 0.410 e. The molecular weight excluding hydrogens is 256 g/mol. The van der Waals surface area contributed by atoms with Gasteiger partial charge in [0.2, 0.25) is 5.91 Å². The van der Waals surface area contributed by atoms with Crippen LogP contribution >= 0.6 is 0 Å². The number of benzene rings is 1. The third-order valence-corrected chi connectivity index (χ3v) is 2.86. The highest BCUT2D eigenvalue weighted by molar-refractivity contribution is 5.82. The largest absolute Gasteiger partial charge is 0.413 e. The molecule has 5 heteroatoms. The molecule has 0 radical (unpaired) electrons. The third-order valence-electron chi connectivity index (χ3n) is 2.86. The maximum absolute atomic E-state index is 11.7. The van der Waals surface area contributed by atoms with Crippen molar-refractivity contribution in [3.05, 3.63) is 30.3 Å². The summed E-state index contributed by atoms with van der Waals surface area (Å²) in [5.41, 5.74) is 0. The van der Waals surface area contributed by atoms with Crippen molar-refractivity contribution in [3.8, 4) is 5.75 Å². The number of hydrogen-bond donors (Lipinski definition) is 1. The van der Waals surface area contributed by atoms with Gasteiger partial charge in [0.25, 0.3) is 0 Å². The molecule has 1 rings (SSSR count). The summed E-state index contributed by atoms with van der Waals surface area (Å²) < 4.78 is 5.02. The summed E-state index contributed by atoms with van der Waals surface area (Å²) >= 11 is 0. The number of nitrogens with one attached hydrogen (secondary N) is 1. The first-order chi connectivity index (χ1) is 9.63. The highest BCUT2D eigenvalue weighted by atomic mass is 16.6. The molecule has 20 heavy (non-hydrogen) atoms. The molecule has 110 valence electrons. The summed E-state index contributed by atoms with van der Waals surface area (Å²) in [6.07, 6.45) is 2.57. The molecule has 0 aromatic heterocycles. The van der Waals surface area contributed by atoms with Crippen molar-refractivity contribution in [3.63, 3.8) is 0 Å². The van der Waals surface area contributed by atoms with Crippen molar-refractivity contribution in [2.24, 2.45) is 0 Å². The second kappa shape index (κ2) is 8.96. The van der Waals surface area contributed by atoms with E-state index in [9.17, 15) is 9.59 Å². The number of likely N-dealkylation sites (N-methyl/N-ethyl adjacent to an activating group) is 1. The molecule has 0 aliphatic heterocycles. The monoisotopic (exact) mass is 278 g/mol. The maximum Gasteiger partial charge on any atom is 0.413 e. The van der Waals surface area contributed by atoms with Gasteiger partial charge in [-0.25, -0.2) is 4.79 Å². The minimum Gasteiger partial charge on any atom is -0.410 e. The van der Waals surface area contributed by atoms with Crippen LogP contribution in [-0.2, 0) is 4.79 Å². The van der Waals surface area contributed by atoms with E-state index >= 15 is 0 Å². The van der Waals surface area contributed by atoms with E-state index < -0.39 is 6.09 Å². The second-order valence-electron chi connectivity index (χ2n) is 4.58. The van der Waals surface area contributed by atoms with Crippen LogP contribution in [0.5, 0.6) is 5.75 Å². The Labute approximate surface area is 119 Å². The number of para-hydroxylation sites is 1. The lowest BCUT2D eigenvalue weighted by molar-refractivity contribution is -0.128. The Hall–Kier alpha value is -2.04. The Bertz CT molecular complexity index is 420. The quantitative estimate of drug-likeness (QED) is 0.779. The van der Waals surface area contributed by atoms with Gasteiger partial charge >= 0.3 is 6.09 Å². The average molecular weight is 278 g/mol. The molecule has 0 heterocycles. The predicted octanol–water partition coefficient (Wildman–Crippen LogP) is 2.42. The second-order valence-corrected chi connectivity index (χ2v) is 4.58. The first kappa shape index (κ1) is 16.0. The molecule has 0 spiro atoms. The standard InChI is InChI=1S/C15H22N2O3/c1-3-4-8-11-17(2)14(18)12-16-15(19)20-13-9-6-5-7-10-13/h5-7,9-10H,3-4,8,11-12H2,1-2H3,(H,16,19). The lowest BCUT2D eigenvalue weighted by Crippen LogP contribution is -2.39. The van der Waals surface area contributed by atoms with E-state index in [2.05, 4.69) is 12.2 Å². The fourth-order valence-corrected chi connectivity index (χ4v) is 1.64. The van der Waals surface area contributed by atoms with Gasteiger partial charge in [0.1, 0.15) is 12.3 Å². The zero-order chi connectivity index (χ0) is 14.8. The fourth-order valence-electron chi connectivity index (χ4n) is 1.64. The van der Waals surface area contributed by atoms with Crippen molar-refractivity contribution >= 4 is 12.0 Å². The molecule has 2 amide bonds. The summed E-state index contributed by atoms with van der Waals surface area (Å²) in [6.45, 7) is 2.78. The summed E-state index contributed by atoms with van der Waals surface area (Å²) in [5, 5.41) is 2.45. The molecule has 0 fully saturated rings. The van der Waals surface area contributed by atoms with Crippen molar-refractivity contribution < 1.29 is 14.3 Å². The highest BCUT2D eigenvalue weighted by Crippen LogP contribution is 2.07. The number of hydrogen-bond acceptors (Lipinski definition) is 3. The van der Waals surface area contributed by atoms with Crippen LogP contribution in [0.3, 0.4) is 0 Å². The third kappa shape index (κ3) is 6.22. The van der Waals surface area contributed by atoms with Crippen LogP contribution in [0, 0.1) is 0 Å². The first-order valence-electron chi connectivity index (χ1n) is 6.88. The molecule has 1 aromatic rings. The summed E-state index contributed by atoms with van der Waals surface area (Å²) in [6, 6.07) is 8.74. The van der Waals surface area contributed by atoms with E-state index in [1.165, 1.54) is 0 Å². The van der Waals surface area contributed by atoms with Crippen LogP contribution in [0.15, 0.2) is 30.3 Å². The topological polar surface area (TPSA) is 58.6 Å². The van der Waals surface area contributed by atoms with Crippen LogP contribution < -0.4 is 10.1 Å². The minimum absolute atomic E-state index is 0.0473. The van der Waals surface area contributed by atoms with Gasteiger partial charge in [0.05, 0.1) is 0 Å². The number of nitrogens with zero attached hydrogens (tertiary/aromatic N) is 1. The highest BCUT2D eigenvalue weighted by Gasteiger charge is 2.11. The molecule has 1 aromatic carbocycles. The van der Waals surface area contributed by atoms with Crippen molar-refractivity contribution in [1.29, 1.82) is 0 Å². The first-order valence-corrected chi connectivity index (χ1v) is 6.88.